The third-order valence-electron chi connectivity index (χ3n) is 3.35. The smallest absolute Gasteiger partial charge is 0.160 e. The van der Waals surface area contributed by atoms with Gasteiger partial charge in [-0.2, -0.15) is 0 Å². The number of rotatable bonds is 2. The molecule has 0 fully saturated rings. The molecule has 0 aliphatic carbocycles. The highest BCUT2D eigenvalue weighted by Gasteiger charge is 2.24. The van der Waals surface area contributed by atoms with E-state index in [0.717, 1.165) is 0 Å². The third-order valence-corrected chi connectivity index (χ3v) is 4.62. The lowest BCUT2D eigenvalue weighted by molar-refractivity contribution is 0.548. The third kappa shape index (κ3) is 3.42. The van der Waals surface area contributed by atoms with Crippen LogP contribution in [0, 0.1) is 17.5 Å². The molecule has 128 valence electrons. The summed E-state index contributed by atoms with van der Waals surface area (Å²) in [5.41, 5.74) is -0.307. The summed E-state index contributed by atoms with van der Waals surface area (Å²) in [7, 11) is 0. The second-order valence-electron chi connectivity index (χ2n) is 4.90. The van der Waals surface area contributed by atoms with E-state index in [0.29, 0.717) is 17.7 Å². The first-order chi connectivity index (χ1) is 11.8. The molecule has 0 N–H and O–H groups in total. The minimum absolute atomic E-state index is 0.0876. The maximum absolute atomic E-state index is 14.3. The molecule has 25 heavy (non-hydrogen) atoms. The van der Waals surface area contributed by atoms with Crippen molar-refractivity contribution in [2.75, 3.05) is 0 Å². The van der Waals surface area contributed by atoms with Gasteiger partial charge in [0.15, 0.2) is 10.3 Å². The highest BCUT2D eigenvalue weighted by Crippen LogP contribution is 2.43. The van der Waals surface area contributed by atoms with E-state index < -0.39 is 23.0 Å². The van der Waals surface area contributed by atoms with E-state index in [1.54, 1.807) is 0 Å². The molecule has 3 rings (SSSR count). The van der Waals surface area contributed by atoms with Crippen molar-refractivity contribution < 1.29 is 13.2 Å². The quantitative estimate of drug-likeness (QED) is 0.450. The zero-order chi connectivity index (χ0) is 18.3. The monoisotopic (exact) mass is 422 g/mol. The normalized spacial score (nSPS) is 11.0. The lowest BCUT2D eigenvalue weighted by Gasteiger charge is -2.14. The van der Waals surface area contributed by atoms with Crippen LogP contribution >= 0.6 is 46.4 Å². The molecule has 1 heterocycles. The van der Waals surface area contributed by atoms with Crippen LogP contribution in [0.1, 0.15) is 0 Å². The second kappa shape index (κ2) is 7.00. The van der Waals surface area contributed by atoms with Crippen LogP contribution in [0.5, 0.6) is 0 Å². The molecular weight excluding hydrogens is 419 g/mol. The molecule has 0 aliphatic heterocycles. The van der Waals surface area contributed by atoms with Crippen molar-refractivity contribution in [2.45, 2.75) is 0 Å². The van der Waals surface area contributed by atoms with Crippen molar-refractivity contribution in [2.24, 2.45) is 0 Å². The fourth-order valence-electron chi connectivity index (χ4n) is 2.32. The molecule has 0 bridgehead atoms. The first kappa shape index (κ1) is 18.3. The predicted molar refractivity (Wildman–Crippen MR) is 92.8 cm³/mol. The van der Waals surface area contributed by atoms with Gasteiger partial charge in [-0.1, -0.05) is 52.5 Å². The van der Waals surface area contributed by atoms with Crippen LogP contribution in [0.25, 0.3) is 22.3 Å². The molecule has 2 aromatic carbocycles. The summed E-state index contributed by atoms with van der Waals surface area (Å²) in [6.45, 7) is 0. The van der Waals surface area contributed by atoms with Crippen LogP contribution in [-0.4, -0.2) is 10.2 Å². The number of hydrogen-bond acceptors (Lipinski definition) is 2. The first-order valence-electron chi connectivity index (χ1n) is 6.61. The Labute approximate surface area is 160 Å². The van der Waals surface area contributed by atoms with Gasteiger partial charge in [0.1, 0.15) is 17.5 Å². The van der Waals surface area contributed by atoms with Crippen molar-refractivity contribution >= 4 is 46.4 Å². The zero-order valence-electron chi connectivity index (χ0n) is 11.9. The summed E-state index contributed by atoms with van der Waals surface area (Å²) >= 11 is 24.0. The molecule has 1 aromatic heterocycles. The topological polar surface area (TPSA) is 25.8 Å². The van der Waals surface area contributed by atoms with E-state index in [1.165, 1.54) is 18.2 Å². The molecule has 2 nitrogen and oxygen atoms in total. The van der Waals surface area contributed by atoms with E-state index >= 15 is 0 Å². The van der Waals surface area contributed by atoms with Gasteiger partial charge in [0, 0.05) is 23.3 Å². The predicted octanol–water partition coefficient (Wildman–Crippen LogP) is 6.84. The molecule has 9 heteroatoms. The van der Waals surface area contributed by atoms with Gasteiger partial charge in [0.25, 0.3) is 0 Å². The Morgan fingerprint density at radius 2 is 1.20 bits per heavy atom. The standard InChI is InChI=1S/C16H5Cl4F3N2/c17-8-2-1-6(3-9(8)18)12-14(16(20)25-24-15(12)19)13-10(22)4-7(21)5-11(13)23/h1-5H. The Bertz CT molecular complexity index is 972. The van der Waals surface area contributed by atoms with Crippen molar-refractivity contribution in [3.8, 4) is 22.3 Å². The van der Waals surface area contributed by atoms with Gasteiger partial charge in [0.05, 0.1) is 15.6 Å². The molecular formula is C16H5Cl4F3N2. The van der Waals surface area contributed by atoms with Gasteiger partial charge in [-0.25, -0.2) is 13.2 Å². The van der Waals surface area contributed by atoms with E-state index in [4.69, 9.17) is 46.4 Å². The van der Waals surface area contributed by atoms with Gasteiger partial charge >= 0.3 is 0 Å². The average molecular weight is 424 g/mol. The summed E-state index contributed by atoms with van der Waals surface area (Å²) in [5.74, 6) is -3.39. The Morgan fingerprint density at radius 1 is 0.640 bits per heavy atom. The van der Waals surface area contributed by atoms with E-state index in [1.807, 2.05) is 0 Å². The van der Waals surface area contributed by atoms with Crippen LogP contribution in [0.2, 0.25) is 20.4 Å². The van der Waals surface area contributed by atoms with Gasteiger partial charge in [-0.05, 0) is 17.7 Å². The lowest BCUT2D eigenvalue weighted by atomic mass is 9.96. The van der Waals surface area contributed by atoms with Crippen molar-refractivity contribution in [1.82, 2.24) is 10.2 Å². The summed E-state index contributed by atoms with van der Waals surface area (Å²) in [4.78, 5) is 0. The highest BCUT2D eigenvalue weighted by atomic mass is 35.5. The number of nitrogens with zero attached hydrogens (tertiary/aromatic N) is 2. The fraction of sp³-hybridized carbons (Fsp3) is 0. The Hall–Kier alpha value is -1.53. The van der Waals surface area contributed by atoms with Crippen molar-refractivity contribution in [1.29, 1.82) is 0 Å². The summed E-state index contributed by atoms with van der Waals surface area (Å²) in [6, 6.07) is 5.50. The van der Waals surface area contributed by atoms with Crippen molar-refractivity contribution in [3.63, 3.8) is 0 Å². The van der Waals surface area contributed by atoms with Gasteiger partial charge in [0.2, 0.25) is 0 Å². The SMILES string of the molecule is Fc1cc(F)c(-c2c(Cl)nnc(Cl)c2-c2ccc(Cl)c(Cl)c2)c(F)c1. The summed E-state index contributed by atoms with van der Waals surface area (Å²) < 4.78 is 41.8. The number of benzene rings is 2. The molecule has 0 saturated heterocycles. The largest absolute Gasteiger partial charge is 0.207 e. The summed E-state index contributed by atoms with van der Waals surface area (Å²) in [6.07, 6.45) is 0. The van der Waals surface area contributed by atoms with Crippen molar-refractivity contribution in [3.05, 3.63) is 68.1 Å². The van der Waals surface area contributed by atoms with Crippen LogP contribution in [-0.2, 0) is 0 Å². The average Bonchev–Trinajstić information content (AvgIpc) is 2.53. The maximum atomic E-state index is 14.3. The van der Waals surface area contributed by atoms with Crippen LogP contribution < -0.4 is 0 Å². The minimum Gasteiger partial charge on any atom is -0.207 e. The van der Waals surface area contributed by atoms with Crippen LogP contribution in [0.3, 0.4) is 0 Å². The maximum Gasteiger partial charge on any atom is 0.160 e. The Morgan fingerprint density at radius 3 is 1.76 bits per heavy atom. The Kier molecular flexibility index (Phi) is 5.11. The molecule has 0 amide bonds. The van der Waals surface area contributed by atoms with E-state index in [-0.39, 0.29) is 31.5 Å². The zero-order valence-corrected chi connectivity index (χ0v) is 15.0. The van der Waals surface area contributed by atoms with Crippen LogP contribution in [0.4, 0.5) is 13.2 Å². The van der Waals surface area contributed by atoms with E-state index in [9.17, 15) is 13.2 Å². The second-order valence-corrected chi connectivity index (χ2v) is 6.44. The van der Waals surface area contributed by atoms with Gasteiger partial charge < -0.3 is 0 Å². The van der Waals surface area contributed by atoms with Gasteiger partial charge in [-0.3, -0.25) is 0 Å². The highest BCUT2D eigenvalue weighted by molar-refractivity contribution is 6.42. The minimum atomic E-state index is -1.16. The lowest BCUT2D eigenvalue weighted by Crippen LogP contribution is -2.00. The first-order valence-corrected chi connectivity index (χ1v) is 8.12. The molecule has 0 atom stereocenters. The molecule has 0 spiro atoms. The molecule has 0 saturated carbocycles. The number of aromatic nitrogens is 2. The number of hydrogen-bond donors (Lipinski definition) is 0. The van der Waals surface area contributed by atoms with Crippen LogP contribution in [0.15, 0.2) is 30.3 Å². The summed E-state index contributed by atoms with van der Waals surface area (Å²) in [5, 5.41) is 7.23. The van der Waals surface area contributed by atoms with Gasteiger partial charge in [-0.15, -0.1) is 10.2 Å². The van der Waals surface area contributed by atoms with E-state index in [2.05, 4.69) is 10.2 Å². The number of halogens is 7. The molecule has 0 unspecified atom stereocenters. The molecule has 0 aliphatic rings. The molecule has 3 aromatic rings. The Balaban J connectivity index is 2.39. The molecule has 0 radical (unpaired) electrons. The fourth-order valence-corrected chi connectivity index (χ4v) is 3.08.